The average Bonchev–Trinajstić information content (AvgIpc) is 3.67. The summed E-state index contributed by atoms with van der Waals surface area (Å²) in [6, 6.07) is 6.57. The smallest absolute Gasteiger partial charge is 0.296 e. The lowest BCUT2D eigenvalue weighted by atomic mass is 9.93. The molecule has 0 aromatic heterocycles. The number of thioether (sulfide) groups is 3. The van der Waals surface area contributed by atoms with Crippen molar-refractivity contribution in [2.24, 2.45) is 21.7 Å². The minimum absolute atomic E-state index is 0.00649. The molecule has 5 rings (SSSR count). The van der Waals surface area contributed by atoms with Crippen LogP contribution in [0.1, 0.15) is 94.4 Å². The van der Waals surface area contributed by atoms with Gasteiger partial charge in [-0.2, -0.15) is 21.0 Å². The van der Waals surface area contributed by atoms with Gasteiger partial charge in [0.05, 0.1) is 77.6 Å². The molecule has 1 aromatic rings. The fraction of sp³-hybridized carbons (Fsp3) is 0.831. The minimum Gasteiger partial charge on any atom is -0.417 e. The van der Waals surface area contributed by atoms with Crippen molar-refractivity contribution >= 4 is 99.4 Å². The van der Waals surface area contributed by atoms with Crippen LogP contribution in [-0.4, -0.2) is 248 Å². The molecular formula is C59H110N4O14S6Si. The fourth-order valence-electron chi connectivity index (χ4n) is 7.21. The zero-order valence-electron chi connectivity index (χ0n) is 54.1. The number of benzene rings is 1. The molecule has 1 unspecified atom stereocenters. The largest absolute Gasteiger partial charge is 0.417 e. The van der Waals surface area contributed by atoms with Crippen LogP contribution < -0.4 is 0 Å². The maximum atomic E-state index is 12.3. The van der Waals surface area contributed by atoms with Gasteiger partial charge in [0, 0.05) is 135 Å². The molecule has 4 heterocycles. The van der Waals surface area contributed by atoms with Crippen molar-refractivity contribution < 1.29 is 66.7 Å². The summed E-state index contributed by atoms with van der Waals surface area (Å²) in [4.78, 5) is 55.7. The Labute approximate surface area is 533 Å². The number of ether oxygens (including phenoxy) is 4. The molecule has 4 saturated heterocycles. The number of aliphatic hydroxyl groups is 2. The van der Waals surface area contributed by atoms with Gasteiger partial charge in [-0.05, 0) is 67.1 Å². The van der Waals surface area contributed by atoms with E-state index in [1.165, 1.54) is 35.3 Å². The molecule has 84 heavy (non-hydrogen) atoms. The molecule has 18 nitrogen and oxygen atoms in total. The highest BCUT2D eigenvalue weighted by Gasteiger charge is 2.27. The molecule has 0 radical (unpaired) electrons. The van der Waals surface area contributed by atoms with E-state index in [-0.39, 0.29) is 62.0 Å². The molecule has 0 amide bonds. The monoisotopic (exact) mass is 1320 g/mol. The number of thiol groups is 2. The normalized spacial score (nSPS) is 17.8. The third kappa shape index (κ3) is 43.9. The molecule has 4 aliphatic rings. The molecular weight excluding hydrogens is 1210 g/mol. The molecule has 0 saturated carbocycles. The topological polar surface area (TPSA) is 211 Å². The number of carbonyl (C=O) groups excluding carboxylic acids is 4. The molecule has 25 heteroatoms. The van der Waals surface area contributed by atoms with Crippen molar-refractivity contribution in [1.29, 1.82) is 0 Å². The summed E-state index contributed by atoms with van der Waals surface area (Å²) in [5.74, 6) is 2.11. The lowest BCUT2D eigenvalue weighted by Gasteiger charge is -2.29. The van der Waals surface area contributed by atoms with Crippen molar-refractivity contribution in [3.8, 4) is 0 Å². The number of nitrogens with zero attached hydrogens (tertiary/aromatic N) is 4. The van der Waals surface area contributed by atoms with Gasteiger partial charge in [-0.25, -0.2) is 0 Å². The fourth-order valence-corrected chi connectivity index (χ4v) is 12.4. The maximum absolute atomic E-state index is 12.3. The first-order chi connectivity index (χ1) is 39.7. The number of aliphatic hydroxyl groups excluding tert-OH is 2. The van der Waals surface area contributed by atoms with E-state index in [0.29, 0.717) is 43.0 Å². The summed E-state index contributed by atoms with van der Waals surface area (Å²) in [7, 11) is -5.26. The van der Waals surface area contributed by atoms with E-state index in [1.54, 1.807) is 38.1 Å². The van der Waals surface area contributed by atoms with Crippen LogP contribution in [-0.2, 0) is 56.9 Å². The van der Waals surface area contributed by atoms with Crippen LogP contribution in [0.5, 0.6) is 0 Å². The van der Waals surface area contributed by atoms with Gasteiger partial charge in [-0.3, -0.25) is 43.0 Å². The quantitative estimate of drug-likeness (QED) is 0.0340. The van der Waals surface area contributed by atoms with E-state index in [1.807, 2.05) is 20.8 Å². The van der Waals surface area contributed by atoms with Crippen LogP contribution in [0, 0.1) is 28.6 Å². The average molecular weight is 1320 g/mol. The molecule has 4 aliphatic heterocycles. The highest BCUT2D eigenvalue weighted by atomic mass is 32.2. The Morgan fingerprint density at radius 1 is 0.571 bits per heavy atom. The second-order valence-corrected chi connectivity index (χ2v) is 35.6. The van der Waals surface area contributed by atoms with Crippen LogP contribution in [0.15, 0.2) is 29.2 Å². The second-order valence-electron chi connectivity index (χ2n) is 25.5. The van der Waals surface area contributed by atoms with Gasteiger partial charge in [-0.15, -0.1) is 12.6 Å². The summed E-state index contributed by atoms with van der Waals surface area (Å²) >= 11 is 11.9. The molecule has 2 N–H and O–H groups in total. The van der Waals surface area contributed by atoms with Crippen molar-refractivity contribution in [3.05, 3.63) is 29.8 Å². The van der Waals surface area contributed by atoms with Crippen molar-refractivity contribution in [1.82, 2.24) is 19.6 Å². The molecule has 0 bridgehead atoms. The zero-order chi connectivity index (χ0) is 64.2. The highest BCUT2D eigenvalue weighted by Crippen LogP contribution is 2.29. The summed E-state index contributed by atoms with van der Waals surface area (Å²) in [5.41, 5.74) is -0.0651. The van der Waals surface area contributed by atoms with E-state index in [4.69, 9.17) is 39.1 Å². The SMILES string of the molecule is CC(C)(CO)CO.CC(C)(CO[Si](C)(C)C)CSC(=O)CCN1CCOCC1.Cc1ccc(S(=O)(=O)OCC(C)(C)CSC(=O)CCN2CCOCC2)cc1.O=C(S)CCN1CCOCC1.[3H]C(S)CC(C)(C)CSC(=O)CCN1CCOCC1. The summed E-state index contributed by atoms with van der Waals surface area (Å²) in [6.45, 7) is 42.1. The predicted octanol–water partition coefficient (Wildman–Crippen LogP) is 8.03. The Bertz CT molecular complexity index is 2100. The predicted molar refractivity (Wildman–Crippen MR) is 355 cm³/mol. The molecule has 4 fully saturated rings. The van der Waals surface area contributed by atoms with Crippen LogP contribution >= 0.6 is 60.5 Å². The lowest BCUT2D eigenvalue weighted by molar-refractivity contribution is -0.112. The van der Waals surface area contributed by atoms with Crippen LogP contribution in [0.25, 0.3) is 0 Å². The van der Waals surface area contributed by atoms with E-state index in [2.05, 4.69) is 92.2 Å². The Morgan fingerprint density at radius 3 is 1.19 bits per heavy atom. The van der Waals surface area contributed by atoms with Crippen LogP contribution in [0.3, 0.4) is 0 Å². The van der Waals surface area contributed by atoms with Crippen molar-refractivity contribution in [2.45, 2.75) is 119 Å². The van der Waals surface area contributed by atoms with Gasteiger partial charge < -0.3 is 33.6 Å². The Kier molecular flexibility index (Phi) is 41.6. The number of aryl methyl sites for hydroxylation is 1. The van der Waals surface area contributed by atoms with Gasteiger partial charge in [-0.1, -0.05) is 108 Å². The van der Waals surface area contributed by atoms with Gasteiger partial charge in [0.15, 0.2) is 28.8 Å². The number of carbonyl (C=O) groups is 4. The Balaban J connectivity index is 0.000000563. The minimum atomic E-state index is -3.79. The maximum Gasteiger partial charge on any atom is 0.296 e. The number of hydrogen-bond acceptors (Lipinski definition) is 22. The van der Waals surface area contributed by atoms with Gasteiger partial charge >= 0.3 is 0 Å². The third-order valence-electron chi connectivity index (χ3n) is 13.1. The van der Waals surface area contributed by atoms with Gasteiger partial charge in [0.1, 0.15) is 0 Å². The summed E-state index contributed by atoms with van der Waals surface area (Å²) in [5, 5.41) is 17.5. The first-order valence-electron chi connectivity index (χ1n) is 30.0. The first-order valence-corrected chi connectivity index (χ1v) is 38.2. The highest BCUT2D eigenvalue weighted by molar-refractivity contribution is 8.14. The number of morpholine rings is 4. The molecule has 0 aliphatic carbocycles. The molecule has 0 spiro atoms. The molecule has 490 valence electrons. The van der Waals surface area contributed by atoms with Gasteiger partial charge in [0.2, 0.25) is 0 Å². The standard InChI is InChI=1S/C19H29NO5S2.C15H31NO3SSi.C13H25NO2S2.C7H13NO2S.C5H12O2/c1-16-4-6-17(7-5-16)27(22,23)25-14-19(2,3)15-26-18(21)8-9-20-10-12-24-13-11-20;1-15(2,12-19-21(3,4)5)13-20-14(17)6-7-16-8-10-18-11-9-16;1-13(2,4-10-17)11-18-12(15)3-5-14-6-8-16-9-7-14;9-7(11)1-2-8-3-5-10-6-4-8;1-5(2,3-6)4-7/h4-7H,8-15H2,1-3H3;6-13H2,1-5H3;17H,3-11H2,1-2H3;1-6H2,(H,9,11);6-7H,3-4H2,1-2H3/i;;10T;;. The van der Waals surface area contributed by atoms with Crippen molar-refractivity contribution in [3.63, 3.8) is 0 Å². The Morgan fingerprint density at radius 2 is 0.893 bits per heavy atom. The summed E-state index contributed by atoms with van der Waals surface area (Å²) < 4.78 is 64.3. The molecule has 1 aromatic carbocycles. The first kappa shape index (κ1) is 79.4. The molecule has 1 atom stereocenters. The van der Waals surface area contributed by atoms with Crippen molar-refractivity contribution in [2.75, 3.05) is 181 Å². The van der Waals surface area contributed by atoms with E-state index in [0.717, 1.165) is 155 Å². The van der Waals surface area contributed by atoms with E-state index < -0.39 is 23.9 Å². The third-order valence-corrected chi connectivity index (χ3v) is 20.2. The number of rotatable bonds is 29. The summed E-state index contributed by atoms with van der Waals surface area (Å²) in [6.07, 6.45) is 2.98. The lowest BCUT2D eigenvalue weighted by Crippen LogP contribution is -2.37. The number of hydrogen-bond donors (Lipinski definition) is 4. The Hall–Kier alpha value is -0.663. The second kappa shape index (κ2) is 43.9. The zero-order valence-corrected chi connectivity index (χ0v) is 59.2. The van der Waals surface area contributed by atoms with Gasteiger partial charge in [0.25, 0.3) is 10.1 Å². The van der Waals surface area contributed by atoms with E-state index >= 15 is 0 Å². The van der Waals surface area contributed by atoms with Crippen LogP contribution in [0.2, 0.25) is 19.6 Å². The van der Waals surface area contributed by atoms with Crippen LogP contribution in [0.4, 0.5) is 0 Å². The van der Waals surface area contributed by atoms with E-state index in [9.17, 15) is 27.6 Å².